The van der Waals surface area contributed by atoms with Gasteiger partial charge in [-0.2, -0.15) is 0 Å². The highest BCUT2D eigenvalue weighted by atomic mass is 14.7. The Morgan fingerprint density at radius 2 is 1.29 bits per heavy atom. The van der Waals surface area contributed by atoms with Crippen molar-refractivity contribution in [3.8, 4) is 0 Å². The van der Waals surface area contributed by atoms with Gasteiger partial charge in [0, 0.05) is 0 Å². The highest BCUT2D eigenvalue weighted by Gasteiger charge is 2.70. The topological polar surface area (TPSA) is 0 Å². The van der Waals surface area contributed by atoms with Crippen LogP contribution in [0.4, 0.5) is 0 Å². The molecule has 0 spiro atoms. The van der Waals surface area contributed by atoms with Gasteiger partial charge in [0.05, 0.1) is 0 Å². The third-order valence-corrected chi connectivity index (χ3v) is 14.8. The number of hydrogen-bond donors (Lipinski definition) is 0. The van der Waals surface area contributed by atoms with Gasteiger partial charge in [0.25, 0.3) is 0 Å². The Hall–Kier alpha value is 0. The Bertz CT molecular complexity index is 749. The van der Waals surface area contributed by atoms with Crippen LogP contribution in [0.3, 0.4) is 0 Å². The molecule has 5 fully saturated rings. The summed E-state index contributed by atoms with van der Waals surface area (Å²) in [6.07, 6.45) is 22.5. The molecule has 5 saturated carbocycles. The maximum atomic E-state index is 2.83. The van der Waals surface area contributed by atoms with E-state index in [4.69, 9.17) is 0 Å². The van der Waals surface area contributed by atoms with E-state index in [-0.39, 0.29) is 0 Å². The molecule has 0 heteroatoms. The Morgan fingerprint density at radius 1 is 0.647 bits per heavy atom. The zero-order valence-electron chi connectivity index (χ0n) is 24.6. The van der Waals surface area contributed by atoms with E-state index in [1.807, 2.05) is 0 Å². The molecule has 0 heterocycles. The van der Waals surface area contributed by atoms with Crippen molar-refractivity contribution in [3.63, 3.8) is 0 Å². The number of unbranched alkanes of at least 4 members (excludes halogenated alkanes) is 2. The van der Waals surface area contributed by atoms with Crippen molar-refractivity contribution < 1.29 is 0 Å². The molecular formula is C34H60. The lowest BCUT2D eigenvalue weighted by atomic mass is 9.32. The van der Waals surface area contributed by atoms with Gasteiger partial charge in [-0.1, -0.05) is 87.5 Å². The summed E-state index contributed by atoms with van der Waals surface area (Å²) >= 11 is 0. The lowest BCUT2D eigenvalue weighted by Gasteiger charge is -2.73. The lowest BCUT2D eigenvalue weighted by Crippen LogP contribution is -2.65. The van der Waals surface area contributed by atoms with Crippen LogP contribution in [0.5, 0.6) is 0 Å². The van der Waals surface area contributed by atoms with E-state index < -0.39 is 0 Å². The Kier molecular flexibility index (Phi) is 6.42. The maximum absolute atomic E-state index is 2.83. The summed E-state index contributed by atoms with van der Waals surface area (Å²) in [5, 5.41) is 0. The second kappa shape index (κ2) is 8.51. The molecule has 0 nitrogen and oxygen atoms in total. The van der Waals surface area contributed by atoms with E-state index in [0.717, 1.165) is 35.5 Å². The average Bonchev–Trinajstić information content (AvgIpc) is 3.11. The van der Waals surface area contributed by atoms with Crippen LogP contribution in [-0.4, -0.2) is 0 Å². The SMILES string of the molecule is CCCCC[C@H](C)[C@H]1CC[C@@]2(C)[C@@H]1CC[C@]1(C)[C@@H]2CC[C@@H]2[C@@]3(C)CCCC(C)(C)[C@@H]3CC[C@]21C. The zero-order valence-corrected chi connectivity index (χ0v) is 24.6. The standard InChI is InChI=1S/C34H60/c1-9-10-11-13-24(2)25-16-21-31(5)26(25)17-22-33(7)28(31)14-15-29-32(6)20-12-19-30(3,4)27(32)18-23-34(29,33)8/h24-29H,9-23H2,1-8H3/t24-,25+,26+,27-,28+,29+,31-,32-,33+,34+/m0/s1. The molecule has 196 valence electrons. The third-order valence-electron chi connectivity index (χ3n) is 14.8. The van der Waals surface area contributed by atoms with Crippen molar-refractivity contribution in [2.45, 2.75) is 152 Å². The van der Waals surface area contributed by atoms with Crippen molar-refractivity contribution in [3.05, 3.63) is 0 Å². The molecule has 0 N–H and O–H groups in total. The van der Waals surface area contributed by atoms with E-state index in [1.165, 1.54) is 77.0 Å². The van der Waals surface area contributed by atoms with Crippen molar-refractivity contribution in [1.82, 2.24) is 0 Å². The van der Waals surface area contributed by atoms with Gasteiger partial charge in [-0.15, -0.1) is 0 Å². The first-order chi connectivity index (χ1) is 15.9. The van der Waals surface area contributed by atoms with Gasteiger partial charge in [0.15, 0.2) is 0 Å². The Balaban J connectivity index is 1.41. The molecule has 34 heavy (non-hydrogen) atoms. The third kappa shape index (κ3) is 3.41. The number of hydrogen-bond acceptors (Lipinski definition) is 0. The van der Waals surface area contributed by atoms with Crippen LogP contribution in [0.15, 0.2) is 0 Å². The minimum Gasteiger partial charge on any atom is -0.0654 e. The van der Waals surface area contributed by atoms with Crippen LogP contribution in [0, 0.1) is 62.6 Å². The maximum Gasteiger partial charge on any atom is -0.0235 e. The molecule has 0 bridgehead atoms. The monoisotopic (exact) mass is 468 g/mol. The fraction of sp³-hybridized carbons (Fsp3) is 1.00. The van der Waals surface area contributed by atoms with Crippen molar-refractivity contribution >= 4 is 0 Å². The first kappa shape index (κ1) is 25.6. The Morgan fingerprint density at radius 3 is 1.97 bits per heavy atom. The molecule has 0 saturated heterocycles. The molecule has 0 radical (unpaired) electrons. The van der Waals surface area contributed by atoms with Crippen LogP contribution >= 0.6 is 0 Å². The van der Waals surface area contributed by atoms with E-state index in [1.54, 1.807) is 19.3 Å². The molecule has 0 unspecified atom stereocenters. The predicted octanol–water partition coefficient (Wildman–Crippen LogP) is 10.7. The average molecular weight is 469 g/mol. The van der Waals surface area contributed by atoms with Crippen molar-refractivity contribution in [2.75, 3.05) is 0 Å². The predicted molar refractivity (Wildman–Crippen MR) is 148 cm³/mol. The minimum absolute atomic E-state index is 0.558. The van der Waals surface area contributed by atoms with Crippen LogP contribution in [-0.2, 0) is 0 Å². The second-order valence-electron chi connectivity index (χ2n) is 16.3. The van der Waals surface area contributed by atoms with Crippen molar-refractivity contribution in [1.29, 1.82) is 0 Å². The van der Waals surface area contributed by atoms with Crippen molar-refractivity contribution in [2.24, 2.45) is 62.6 Å². The quantitative estimate of drug-likeness (QED) is 0.352. The van der Waals surface area contributed by atoms with Gasteiger partial charge in [-0.05, 0) is 127 Å². The number of rotatable bonds is 5. The number of fused-ring (bicyclic) bond motifs is 7. The summed E-state index contributed by atoms with van der Waals surface area (Å²) < 4.78 is 0. The molecule has 5 aliphatic carbocycles. The molecule has 0 aromatic carbocycles. The molecule has 0 aromatic rings. The lowest BCUT2D eigenvalue weighted by molar-refractivity contribution is -0.241. The largest absolute Gasteiger partial charge is 0.0654 e. The van der Waals surface area contributed by atoms with Crippen LogP contribution < -0.4 is 0 Å². The van der Waals surface area contributed by atoms with Gasteiger partial charge < -0.3 is 0 Å². The van der Waals surface area contributed by atoms with Gasteiger partial charge in [-0.25, -0.2) is 0 Å². The molecule has 5 rings (SSSR count). The van der Waals surface area contributed by atoms with Gasteiger partial charge >= 0.3 is 0 Å². The minimum atomic E-state index is 0.558. The normalized spacial score (nSPS) is 52.8. The Labute approximate surface area is 214 Å². The summed E-state index contributed by atoms with van der Waals surface area (Å²) in [4.78, 5) is 0. The van der Waals surface area contributed by atoms with Gasteiger partial charge in [0.1, 0.15) is 0 Å². The van der Waals surface area contributed by atoms with Crippen LogP contribution in [0.1, 0.15) is 152 Å². The summed E-state index contributed by atoms with van der Waals surface area (Å²) in [6, 6.07) is 0. The molecule has 0 amide bonds. The van der Waals surface area contributed by atoms with Crippen LogP contribution in [0.2, 0.25) is 0 Å². The highest BCUT2D eigenvalue weighted by molar-refractivity contribution is 5.19. The summed E-state index contributed by atoms with van der Waals surface area (Å²) in [5.41, 5.74) is 2.90. The first-order valence-electron chi connectivity index (χ1n) is 15.9. The highest BCUT2D eigenvalue weighted by Crippen LogP contribution is 2.78. The van der Waals surface area contributed by atoms with E-state index >= 15 is 0 Å². The van der Waals surface area contributed by atoms with E-state index in [9.17, 15) is 0 Å². The van der Waals surface area contributed by atoms with E-state index in [0.29, 0.717) is 27.1 Å². The summed E-state index contributed by atoms with van der Waals surface area (Å²) in [5.74, 6) is 5.88. The fourth-order valence-corrected chi connectivity index (χ4v) is 12.9. The fourth-order valence-electron chi connectivity index (χ4n) is 12.9. The molecule has 5 aliphatic rings. The molecule has 0 aliphatic heterocycles. The van der Waals surface area contributed by atoms with Crippen LogP contribution in [0.25, 0.3) is 0 Å². The first-order valence-corrected chi connectivity index (χ1v) is 15.9. The van der Waals surface area contributed by atoms with E-state index in [2.05, 4.69) is 55.4 Å². The molecule has 0 aromatic heterocycles. The molecule has 10 atom stereocenters. The van der Waals surface area contributed by atoms with Gasteiger partial charge in [-0.3, -0.25) is 0 Å². The summed E-state index contributed by atoms with van der Waals surface area (Å²) in [7, 11) is 0. The molecular weight excluding hydrogens is 408 g/mol. The summed E-state index contributed by atoms with van der Waals surface area (Å²) in [6.45, 7) is 21.5. The second-order valence-corrected chi connectivity index (χ2v) is 16.3. The smallest absolute Gasteiger partial charge is 0.0235 e. The zero-order chi connectivity index (χ0) is 24.6. The van der Waals surface area contributed by atoms with Gasteiger partial charge in [0.2, 0.25) is 0 Å².